The van der Waals surface area contributed by atoms with Crippen LogP contribution in [0.25, 0.3) is 0 Å². The fourth-order valence-electron chi connectivity index (χ4n) is 1.83. The van der Waals surface area contributed by atoms with E-state index in [4.69, 9.17) is 5.26 Å². The number of nitriles is 1. The molecule has 0 saturated heterocycles. The lowest BCUT2D eigenvalue weighted by Crippen LogP contribution is -2.17. The molecular weight excluding hydrogens is 274 g/mol. The van der Waals surface area contributed by atoms with Crippen LogP contribution in [0.3, 0.4) is 0 Å². The molecule has 0 aliphatic heterocycles. The first-order valence-corrected chi connectivity index (χ1v) is 5.92. The zero-order valence-electron chi connectivity index (χ0n) is 11.3. The zero-order chi connectivity index (χ0) is 15.6. The number of hydrogen-bond acceptors (Lipinski definition) is 5. The molecule has 2 aromatic rings. The van der Waals surface area contributed by atoms with Gasteiger partial charge in [0.05, 0.1) is 11.1 Å². The van der Waals surface area contributed by atoms with E-state index in [2.05, 4.69) is 10.4 Å². The molecule has 1 aromatic heterocycles. The summed E-state index contributed by atoms with van der Waals surface area (Å²) < 4.78 is 1.32. The van der Waals surface area contributed by atoms with E-state index in [0.717, 1.165) is 5.56 Å². The average molecular weight is 285 g/mol. The SMILES string of the molecule is Cc1ccc([N+](=O)[O-])c(C(=O)Nc2c(C#N)cnn2C)c1. The van der Waals surface area contributed by atoms with E-state index in [1.54, 1.807) is 20.0 Å². The Morgan fingerprint density at radius 3 is 2.86 bits per heavy atom. The highest BCUT2D eigenvalue weighted by molar-refractivity contribution is 6.07. The van der Waals surface area contributed by atoms with Gasteiger partial charge in [0.15, 0.2) is 0 Å². The molecule has 0 atom stereocenters. The maximum atomic E-state index is 12.2. The van der Waals surface area contributed by atoms with Gasteiger partial charge in [0, 0.05) is 13.1 Å². The smallest absolute Gasteiger partial charge is 0.282 e. The van der Waals surface area contributed by atoms with Gasteiger partial charge in [0.2, 0.25) is 0 Å². The van der Waals surface area contributed by atoms with Crippen molar-refractivity contribution in [3.8, 4) is 6.07 Å². The van der Waals surface area contributed by atoms with Crippen molar-refractivity contribution in [2.45, 2.75) is 6.92 Å². The van der Waals surface area contributed by atoms with Crippen molar-refractivity contribution in [1.82, 2.24) is 9.78 Å². The lowest BCUT2D eigenvalue weighted by molar-refractivity contribution is -0.385. The van der Waals surface area contributed by atoms with E-state index >= 15 is 0 Å². The lowest BCUT2D eigenvalue weighted by atomic mass is 10.1. The van der Waals surface area contributed by atoms with E-state index in [1.807, 2.05) is 6.07 Å². The Morgan fingerprint density at radius 2 is 2.24 bits per heavy atom. The van der Waals surface area contributed by atoms with Crippen molar-refractivity contribution in [1.29, 1.82) is 5.26 Å². The normalized spacial score (nSPS) is 9.95. The first-order valence-electron chi connectivity index (χ1n) is 5.92. The molecule has 106 valence electrons. The minimum Gasteiger partial charge on any atom is -0.305 e. The Bertz CT molecular complexity index is 773. The Morgan fingerprint density at radius 1 is 1.52 bits per heavy atom. The number of carbonyl (C=O) groups excluding carboxylic acids is 1. The highest BCUT2D eigenvalue weighted by Gasteiger charge is 2.22. The minimum absolute atomic E-state index is 0.0647. The molecule has 0 unspecified atom stereocenters. The van der Waals surface area contributed by atoms with E-state index in [1.165, 1.54) is 23.0 Å². The summed E-state index contributed by atoms with van der Waals surface area (Å²) in [5, 5.41) is 26.3. The maximum absolute atomic E-state index is 12.2. The van der Waals surface area contributed by atoms with Crippen molar-refractivity contribution < 1.29 is 9.72 Å². The van der Waals surface area contributed by atoms with Crippen LogP contribution in [-0.4, -0.2) is 20.6 Å². The predicted octanol–water partition coefficient (Wildman–Crippen LogP) is 1.76. The van der Waals surface area contributed by atoms with Crippen LogP contribution in [0.5, 0.6) is 0 Å². The molecular formula is C13H11N5O3. The van der Waals surface area contributed by atoms with Gasteiger partial charge in [-0.1, -0.05) is 6.07 Å². The van der Waals surface area contributed by atoms with E-state index in [0.29, 0.717) is 0 Å². The topological polar surface area (TPSA) is 114 Å². The molecule has 8 heteroatoms. The maximum Gasteiger partial charge on any atom is 0.282 e. The molecule has 0 bridgehead atoms. The largest absolute Gasteiger partial charge is 0.305 e. The van der Waals surface area contributed by atoms with Gasteiger partial charge in [0.1, 0.15) is 23.0 Å². The monoisotopic (exact) mass is 285 g/mol. The third kappa shape index (κ3) is 2.71. The van der Waals surface area contributed by atoms with Crippen molar-refractivity contribution in [3.63, 3.8) is 0 Å². The molecule has 2 rings (SSSR count). The van der Waals surface area contributed by atoms with Crippen LogP contribution in [0, 0.1) is 28.4 Å². The van der Waals surface area contributed by atoms with Crippen LogP contribution in [0.4, 0.5) is 11.5 Å². The van der Waals surface area contributed by atoms with Gasteiger partial charge in [-0.25, -0.2) is 0 Å². The zero-order valence-corrected chi connectivity index (χ0v) is 11.3. The van der Waals surface area contributed by atoms with Crippen molar-refractivity contribution in [3.05, 3.63) is 51.2 Å². The van der Waals surface area contributed by atoms with Gasteiger partial charge < -0.3 is 5.32 Å². The van der Waals surface area contributed by atoms with Crippen LogP contribution in [0.1, 0.15) is 21.5 Å². The first kappa shape index (κ1) is 14.2. The number of hydrogen-bond donors (Lipinski definition) is 1. The van der Waals surface area contributed by atoms with Crippen LogP contribution in [0.2, 0.25) is 0 Å². The highest BCUT2D eigenvalue weighted by atomic mass is 16.6. The highest BCUT2D eigenvalue weighted by Crippen LogP contribution is 2.22. The lowest BCUT2D eigenvalue weighted by Gasteiger charge is -2.07. The molecule has 21 heavy (non-hydrogen) atoms. The first-order chi connectivity index (χ1) is 9.93. The number of aryl methyl sites for hydroxylation is 2. The third-order valence-electron chi connectivity index (χ3n) is 2.88. The van der Waals surface area contributed by atoms with E-state index in [9.17, 15) is 14.9 Å². The van der Waals surface area contributed by atoms with Crippen LogP contribution < -0.4 is 5.32 Å². The number of nitro benzene ring substituents is 1. The number of nitrogens with one attached hydrogen (secondary N) is 1. The quantitative estimate of drug-likeness (QED) is 0.681. The number of nitro groups is 1. The Balaban J connectivity index is 2.42. The number of nitrogens with zero attached hydrogens (tertiary/aromatic N) is 4. The van der Waals surface area contributed by atoms with Crippen LogP contribution >= 0.6 is 0 Å². The number of rotatable bonds is 3. The van der Waals surface area contributed by atoms with Gasteiger partial charge in [-0.2, -0.15) is 10.4 Å². The summed E-state index contributed by atoms with van der Waals surface area (Å²) in [6.07, 6.45) is 1.31. The van der Waals surface area contributed by atoms with Gasteiger partial charge in [-0.3, -0.25) is 19.6 Å². The second kappa shape index (κ2) is 5.42. The molecule has 0 radical (unpaired) electrons. The van der Waals surface area contributed by atoms with Crippen molar-refractivity contribution in [2.24, 2.45) is 7.05 Å². The van der Waals surface area contributed by atoms with Gasteiger partial charge in [-0.05, 0) is 18.6 Å². The Labute approximate surface area is 119 Å². The van der Waals surface area contributed by atoms with Gasteiger partial charge in [-0.15, -0.1) is 0 Å². The molecule has 0 aliphatic rings. The Kier molecular flexibility index (Phi) is 3.67. The van der Waals surface area contributed by atoms with Crippen LogP contribution in [0.15, 0.2) is 24.4 Å². The molecule has 0 spiro atoms. The Hall–Kier alpha value is -3.21. The van der Waals surface area contributed by atoms with E-state index < -0.39 is 10.8 Å². The van der Waals surface area contributed by atoms with Crippen LogP contribution in [-0.2, 0) is 7.05 Å². The summed E-state index contributed by atoms with van der Waals surface area (Å²) in [6, 6.07) is 6.15. The number of carbonyl (C=O) groups is 1. The number of aromatic nitrogens is 2. The summed E-state index contributed by atoms with van der Waals surface area (Å²) in [4.78, 5) is 22.6. The molecule has 1 amide bonds. The van der Waals surface area contributed by atoms with Crippen molar-refractivity contribution in [2.75, 3.05) is 5.32 Å². The summed E-state index contributed by atoms with van der Waals surface area (Å²) in [7, 11) is 1.56. The number of benzene rings is 1. The predicted molar refractivity (Wildman–Crippen MR) is 73.7 cm³/mol. The third-order valence-corrected chi connectivity index (χ3v) is 2.88. The fraction of sp³-hybridized carbons (Fsp3) is 0.154. The molecule has 0 fully saturated rings. The second-order valence-corrected chi connectivity index (χ2v) is 4.37. The summed E-state index contributed by atoms with van der Waals surface area (Å²) in [5.74, 6) is -0.469. The number of amides is 1. The standard InChI is InChI=1S/C13H11N5O3/c1-8-3-4-11(18(20)21)10(5-8)13(19)16-12-9(6-14)7-15-17(12)2/h3-5,7H,1-2H3,(H,16,19). The molecule has 1 aromatic carbocycles. The summed E-state index contributed by atoms with van der Waals surface area (Å²) >= 11 is 0. The minimum atomic E-state index is -0.662. The molecule has 8 nitrogen and oxygen atoms in total. The second-order valence-electron chi connectivity index (χ2n) is 4.37. The van der Waals surface area contributed by atoms with Gasteiger partial charge in [0.25, 0.3) is 11.6 Å². The molecule has 0 aliphatic carbocycles. The molecule has 0 saturated carbocycles. The summed E-state index contributed by atoms with van der Waals surface area (Å²) in [5.41, 5.74) is 0.543. The molecule has 1 N–H and O–H groups in total. The van der Waals surface area contributed by atoms with Gasteiger partial charge >= 0.3 is 0 Å². The van der Waals surface area contributed by atoms with E-state index in [-0.39, 0.29) is 22.6 Å². The fourth-order valence-corrected chi connectivity index (χ4v) is 1.83. The number of anilines is 1. The summed E-state index contributed by atoms with van der Waals surface area (Å²) in [6.45, 7) is 1.73. The average Bonchev–Trinajstić information content (AvgIpc) is 2.79. The molecule has 1 heterocycles. The van der Waals surface area contributed by atoms with Crippen molar-refractivity contribution >= 4 is 17.4 Å².